The highest BCUT2D eigenvalue weighted by Gasteiger charge is 2.60. The lowest BCUT2D eigenvalue weighted by Gasteiger charge is -2.29. The Morgan fingerprint density at radius 1 is 1.00 bits per heavy atom. The van der Waals surface area contributed by atoms with Crippen LogP contribution >= 0.6 is 11.3 Å². The van der Waals surface area contributed by atoms with E-state index in [1.54, 1.807) is 47.8 Å². The van der Waals surface area contributed by atoms with Gasteiger partial charge in [0.25, 0.3) is 5.91 Å². The SMILES string of the molecule is COc1cccc(N2C(=O)[C@@H]3[C@@H](ON(c4ccccc4C)[C@H]3c3cccs3)C2=O)c1. The van der Waals surface area contributed by atoms with E-state index in [-0.39, 0.29) is 17.9 Å². The van der Waals surface area contributed by atoms with Crippen molar-refractivity contribution in [3.8, 4) is 5.75 Å². The second-order valence-corrected chi connectivity index (χ2v) is 8.32. The number of hydroxylamine groups is 1. The molecule has 30 heavy (non-hydrogen) atoms. The Balaban J connectivity index is 1.57. The third kappa shape index (κ3) is 2.81. The molecule has 152 valence electrons. The number of benzene rings is 2. The summed E-state index contributed by atoms with van der Waals surface area (Å²) in [5.41, 5.74) is 2.37. The summed E-state index contributed by atoms with van der Waals surface area (Å²) >= 11 is 1.56. The quantitative estimate of drug-likeness (QED) is 0.595. The number of methoxy groups -OCH3 is 1. The molecule has 5 rings (SSSR count). The van der Waals surface area contributed by atoms with Gasteiger partial charge in [-0.3, -0.25) is 14.4 Å². The number of nitrogens with zero attached hydrogens (tertiary/aromatic N) is 2. The van der Waals surface area contributed by atoms with Crippen LogP contribution in [0.4, 0.5) is 11.4 Å². The van der Waals surface area contributed by atoms with Crippen LogP contribution in [-0.4, -0.2) is 25.0 Å². The fourth-order valence-electron chi connectivity index (χ4n) is 4.19. The fourth-order valence-corrected chi connectivity index (χ4v) is 5.04. The number of amides is 2. The molecule has 2 amide bonds. The zero-order valence-electron chi connectivity index (χ0n) is 16.5. The van der Waals surface area contributed by atoms with E-state index >= 15 is 0 Å². The van der Waals surface area contributed by atoms with Gasteiger partial charge in [0.15, 0.2) is 6.10 Å². The molecule has 3 aromatic rings. The van der Waals surface area contributed by atoms with Crippen LogP contribution < -0.4 is 14.7 Å². The lowest BCUT2D eigenvalue weighted by Crippen LogP contribution is -2.37. The molecule has 2 aliphatic heterocycles. The lowest BCUT2D eigenvalue weighted by molar-refractivity contribution is -0.126. The van der Waals surface area contributed by atoms with Gasteiger partial charge in [-0.1, -0.05) is 30.3 Å². The summed E-state index contributed by atoms with van der Waals surface area (Å²) < 4.78 is 5.26. The number of hydrogen-bond acceptors (Lipinski definition) is 6. The minimum atomic E-state index is -0.865. The number of hydrogen-bond donors (Lipinski definition) is 0. The normalized spacial score (nSPS) is 23.2. The van der Waals surface area contributed by atoms with Crippen molar-refractivity contribution < 1.29 is 19.2 Å². The van der Waals surface area contributed by atoms with E-state index in [4.69, 9.17) is 9.57 Å². The predicted molar refractivity (Wildman–Crippen MR) is 115 cm³/mol. The second kappa shape index (κ2) is 7.27. The standard InChI is InChI=1S/C23H20N2O4S/c1-14-7-3-4-10-17(14)25-20(18-11-6-12-30-18)19-21(29-25)23(27)24(22(19)26)15-8-5-9-16(13-15)28-2/h3-13,19-21H,1-2H3/t19-,20-,21+/m0/s1. The van der Waals surface area contributed by atoms with Crippen LogP contribution in [0.5, 0.6) is 5.75 Å². The Hall–Kier alpha value is -3.16. The minimum Gasteiger partial charge on any atom is -0.497 e. The van der Waals surface area contributed by atoms with E-state index in [1.807, 2.05) is 48.7 Å². The lowest BCUT2D eigenvalue weighted by atomic mass is 9.95. The number of para-hydroxylation sites is 1. The van der Waals surface area contributed by atoms with Crippen LogP contribution in [0.3, 0.4) is 0 Å². The first-order valence-corrected chi connectivity index (χ1v) is 10.5. The van der Waals surface area contributed by atoms with Gasteiger partial charge >= 0.3 is 0 Å². The number of ether oxygens (including phenoxy) is 1. The third-order valence-corrected chi connectivity index (χ3v) is 6.56. The van der Waals surface area contributed by atoms with E-state index in [0.29, 0.717) is 11.4 Å². The number of fused-ring (bicyclic) bond motifs is 1. The summed E-state index contributed by atoms with van der Waals surface area (Å²) in [4.78, 5) is 35.2. The molecule has 1 aromatic heterocycles. The van der Waals surface area contributed by atoms with Crippen molar-refractivity contribution in [1.82, 2.24) is 0 Å². The van der Waals surface area contributed by atoms with Gasteiger partial charge in [0.05, 0.1) is 18.5 Å². The Morgan fingerprint density at radius 3 is 2.57 bits per heavy atom. The van der Waals surface area contributed by atoms with Crippen molar-refractivity contribution in [1.29, 1.82) is 0 Å². The van der Waals surface area contributed by atoms with Crippen LogP contribution in [0.2, 0.25) is 0 Å². The van der Waals surface area contributed by atoms with Gasteiger partial charge in [0, 0.05) is 10.9 Å². The molecule has 3 heterocycles. The molecule has 2 fully saturated rings. The average molecular weight is 420 g/mol. The molecule has 0 N–H and O–H groups in total. The molecular weight excluding hydrogens is 400 g/mol. The first-order chi connectivity index (χ1) is 14.6. The van der Waals surface area contributed by atoms with Gasteiger partial charge in [-0.15, -0.1) is 11.3 Å². The highest BCUT2D eigenvalue weighted by molar-refractivity contribution is 7.10. The predicted octanol–water partition coefficient (Wildman–Crippen LogP) is 4.12. The first kappa shape index (κ1) is 18.8. The number of anilines is 2. The van der Waals surface area contributed by atoms with Crippen LogP contribution in [0, 0.1) is 12.8 Å². The molecule has 0 bridgehead atoms. The topological polar surface area (TPSA) is 59.1 Å². The van der Waals surface area contributed by atoms with Crippen molar-refractivity contribution in [2.75, 3.05) is 17.1 Å². The maximum Gasteiger partial charge on any atom is 0.266 e. The average Bonchev–Trinajstić information content (AvgIpc) is 3.46. The monoisotopic (exact) mass is 420 g/mol. The van der Waals surface area contributed by atoms with E-state index in [0.717, 1.165) is 16.1 Å². The first-order valence-electron chi connectivity index (χ1n) is 9.67. The van der Waals surface area contributed by atoms with Crippen LogP contribution in [0.25, 0.3) is 0 Å². The number of rotatable bonds is 4. The third-order valence-electron chi connectivity index (χ3n) is 5.61. The second-order valence-electron chi connectivity index (χ2n) is 7.34. The van der Waals surface area contributed by atoms with Gasteiger partial charge in [0.2, 0.25) is 5.91 Å². The van der Waals surface area contributed by atoms with Gasteiger partial charge in [0.1, 0.15) is 17.7 Å². The number of thiophene rings is 1. The summed E-state index contributed by atoms with van der Waals surface area (Å²) in [5, 5.41) is 3.72. The van der Waals surface area contributed by atoms with Crippen molar-refractivity contribution in [3.05, 3.63) is 76.5 Å². The number of carbonyl (C=O) groups excluding carboxylic acids is 2. The van der Waals surface area contributed by atoms with E-state index in [2.05, 4.69) is 0 Å². The number of carbonyl (C=O) groups is 2. The molecule has 0 aliphatic carbocycles. The summed E-state index contributed by atoms with van der Waals surface area (Å²) in [5.74, 6) is -0.645. The molecule has 0 radical (unpaired) electrons. The zero-order chi connectivity index (χ0) is 20.8. The van der Waals surface area contributed by atoms with Gasteiger partial charge in [-0.25, -0.2) is 9.96 Å². The van der Waals surface area contributed by atoms with E-state index in [1.165, 1.54) is 4.90 Å². The molecule has 2 aromatic carbocycles. The van der Waals surface area contributed by atoms with Crippen molar-refractivity contribution in [3.63, 3.8) is 0 Å². The Bertz CT molecular complexity index is 1110. The Morgan fingerprint density at radius 2 is 1.83 bits per heavy atom. The molecule has 3 atom stereocenters. The molecule has 0 spiro atoms. The smallest absolute Gasteiger partial charge is 0.266 e. The summed E-state index contributed by atoms with van der Waals surface area (Å²) in [6.07, 6.45) is -0.865. The highest BCUT2D eigenvalue weighted by atomic mass is 32.1. The van der Waals surface area contributed by atoms with Gasteiger partial charge in [-0.05, 0) is 42.1 Å². The summed E-state index contributed by atoms with van der Waals surface area (Å²) in [6, 6.07) is 18.4. The summed E-state index contributed by atoms with van der Waals surface area (Å²) in [6.45, 7) is 1.99. The van der Waals surface area contributed by atoms with Crippen molar-refractivity contribution >= 4 is 34.5 Å². The highest BCUT2D eigenvalue weighted by Crippen LogP contribution is 2.49. The van der Waals surface area contributed by atoms with Crippen LogP contribution in [0.1, 0.15) is 16.5 Å². The molecule has 0 saturated carbocycles. The minimum absolute atomic E-state index is 0.257. The molecule has 7 heteroatoms. The van der Waals surface area contributed by atoms with Crippen molar-refractivity contribution in [2.24, 2.45) is 5.92 Å². The number of aryl methyl sites for hydroxylation is 1. The van der Waals surface area contributed by atoms with Crippen LogP contribution in [0.15, 0.2) is 66.0 Å². The van der Waals surface area contributed by atoms with Gasteiger partial charge < -0.3 is 4.74 Å². The van der Waals surface area contributed by atoms with Crippen molar-refractivity contribution in [2.45, 2.75) is 19.1 Å². The fraction of sp³-hybridized carbons (Fsp3) is 0.217. The molecular formula is C23H20N2O4S. The Labute approximate surface area is 178 Å². The maximum atomic E-state index is 13.5. The largest absolute Gasteiger partial charge is 0.497 e. The van der Waals surface area contributed by atoms with E-state index < -0.39 is 12.0 Å². The van der Waals surface area contributed by atoms with E-state index in [9.17, 15) is 9.59 Å². The number of imide groups is 1. The van der Waals surface area contributed by atoms with Crippen LogP contribution in [-0.2, 0) is 14.4 Å². The molecule has 2 saturated heterocycles. The maximum absolute atomic E-state index is 13.5. The zero-order valence-corrected chi connectivity index (χ0v) is 17.3. The Kier molecular flexibility index (Phi) is 4.56. The van der Waals surface area contributed by atoms with Gasteiger partial charge in [-0.2, -0.15) is 0 Å². The molecule has 6 nitrogen and oxygen atoms in total. The molecule has 2 aliphatic rings. The molecule has 0 unspecified atom stereocenters. The summed E-state index contributed by atoms with van der Waals surface area (Å²) in [7, 11) is 1.55.